The Hall–Kier alpha value is -3.75. The summed E-state index contributed by atoms with van der Waals surface area (Å²) in [6.07, 6.45) is 3.34. The minimum absolute atomic E-state index is 0.0663. The summed E-state index contributed by atoms with van der Waals surface area (Å²) >= 11 is 0. The van der Waals surface area contributed by atoms with Gasteiger partial charge >= 0.3 is 0 Å². The first-order chi connectivity index (χ1) is 16.5. The van der Waals surface area contributed by atoms with E-state index in [0.717, 1.165) is 18.7 Å². The molecular weight excluding hydrogens is 430 g/mol. The molecule has 0 bridgehead atoms. The summed E-state index contributed by atoms with van der Waals surface area (Å²) in [5, 5.41) is 5.63. The molecule has 1 aliphatic heterocycles. The van der Waals surface area contributed by atoms with Crippen LogP contribution in [0.5, 0.6) is 11.5 Å². The number of piperazine rings is 1. The van der Waals surface area contributed by atoms with Gasteiger partial charge in [-0.3, -0.25) is 24.4 Å². The van der Waals surface area contributed by atoms with Gasteiger partial charge in [-0.25, -0.2) is 0 Å². The molecule has 3 aromatic rings. The highest BCUT2D eigenvalue weighted by atomic mass is 16.5. The minimum atomic E-state index is -0.103. The number of anilines is 1. The minimum Gasteiger partial charge on any atom is -0.456 e. The Morgan fingerprint density at radius 1 is 1.06 bits per heavy atom. The number of aromatic nitrogens is 1. The van der Waals surface area contributed by atoms with Gasteiger partial charge in [-0.2, -0.15) is 0 Å². The van der Waals surface area contributed by atoms with Gasteiger partial charge in [0.15, 0.2) is 0 Å². The Morgan fingerprint density at radius 2 is 1.88 bits per heavy atom. The van der Waals surface area contributed by atoms with Gasteiger partial charge in [0.25, 0.3) is 5.91 Å². The normalized spacial score (nSPS) is 16.6. The van der Waals surface area contributed by atoms with Crippen molar-refractivity contribution in [2.45, 2.75) is 6.04 Å². The summed E-state index contributed by atoms with van der Waals surface area (Å²) in [4.78, 5) is 33.2. The fraction of sp³-hybridized carbons (Fsp3) is 0.269. The fourth-order valence-electron chi connectivity index (χ4n) is 4.02. The maximum atomic E-state index is 12.7. The van der Waals surface area contributed by atoms with E-state index in [9.17, 15) is 9.59 Å². The third-order valence-corrected chi connectivity index (χ3v) is 5.87. The molecule has 1 fully saturated rings. The predicted molar refractivity (Wildman–Crippen MR) is 131 cm³/mol. The molecule has 0 spiro atoms. The average Bonchev–Trinajstić information content (AvgIpc) is 2.86. The number of pyridine rings is 1. The monoisotopic (exact) mass is 459 g/mol. The molecule has 2 amide bonds. The molecule has 176 valence electrons. The topological polar surface area (TPSA) is 86.8 Å². The maximum Gasteiger partial charge on any atom is 0.251 e. The number of carbonyl (C=O) groups excluding carboxylic acids is 2. The second-order valence-corrected chi connectivity index (χ2v) is 8.30. The van der Waals surface area contributed by atoms with Crippen LogP contribution in [-0.2, 0) is 4.79 Å². The molecule has 0 unspecified atom stereocenters. The molecule has 1 atom stereocenters. The lowest BCUT2D eigenvalue weighted by Gasteiger charge is -2.39. The van der Waals surface area contributed by atoms with E-state index in [1.807, 2.05) is 60.7 Å². The number of hydrogen-bond donors (Lipinski definition) is 2. The molecule has 2 aromatic carbocycles. The lowest BCUT2D eigenvalue weighted by Crippen LogP contribution is -2.48. The first-order valence-corrected chi connectivity index (χ1v) is 11.2. The van der Waals surface area contributed by atoms with Crippen LogP contribution in [0.2, 0.25) is 0 Å². The van der Waals surface area contributed by atoms with Crippen molar-refractivity contribution in [2.24, 2.45) is 0 Å². The molecule has 2 N–H and O–H groups in total. The molecule has 0 saturated carbocycles. The van der Waals surface area contributed by atoms with Crippen LogP contribution < -0.4 is 15.4 Å². The van der Waals surface area contributed by atoms with Gasteiger partial charge in [0, 0.05) is 50.2 Å². The van der Waals surface area contributed by atoms with Crippen LogP contribution >= 0.6 is 0 Å². The van der Waals surface area contributed by atoms with Gasteiger partial charge in [0.1, 0.15) is 11.5 Å². The van der Waals surface area contributed by atoms with Crippen LogP contribution in [0.3, 0.4) is 0 Å². The fourth-order valence-corrected chi connectivity index (χ4v) is 4.02. The Labute approximate surface area is 199 Å². The first-order valence-electron chi connectivity index (χ1n) is 11.2. The number of nitrogens with one attached hydrogen (secondary N) is 2. The molecular formula is C26H29N5O3. The van der Waals surface area contributed by atoms with Gasteiger partial charge in [-0.1, -0.05) is 12.1 Å². The highest BCUT2D eigenvalue weighted by Gasteiger charge is 2.27. The molecule has 0 radical (unpaired) electrons. The van der Waals surface area contributed by atoms with Crippen LogP contribution in [-0.4, -0.2) is 66.9 Å². The van der Waals surface area contributed by atoms with Crippen molar-refractivity contribution in [2.75, 3.05) is 45.6 Å². The summed E-state index contributed by atoms with van der Waals surface area (Å²) in [5.74, 6) is 1.16. The first kappa shape index (κ1) is 23.4. The Bertz CT molecular complexity index is 1120. The highest BCUT2D eigenvalue weighted by Crippen LogP contribution is 2.25. The van der Waals surface area contributed by atoms with Crippen molar-refractivity contribution < 1.29 is 14.3 Å². The van der Waals surface area contributed by atoms with Crippen molar-refractivity contribution in [1.82, 2.24) is 20.1 Å². The number of likely N-dealkylation sites (N-methyl/N-ethyl adjacent to an activating group) is 1. The summed E-state index contributed by atoms with van der Waals surface area (Å²) in [7, 11) is 3.70. The van der Waals surface area contributed by atoms with Crippen molar-refractivity contribution >= 4 is 17.5 Å². The summed E-state index contributed by atoms with van der Waals surface area (Å²) in [6.45, 7) is 2.64. The quantitative estimate of drug-likeness (QED) is 0.565. The lowest BCUT2D eigenvalue weighted by atomic mass is 10.00. The van der Waals surface area contributed by atoms with E-state index in [0.29, 0.717) is 35.8 Å². The lowest BCUT2D eigenvalue weighted by molar-refractivity contribution is -0.118. The zero-order chi connectivity index (χ0) is 23.9. The highest BCUT2D eigenvalue weighted by molar-refractivity contribution is 5.94. The van der Waals surface area contributed by atoms with Crippen molar-refractivity contribution in [3.63, 3.8) is 0 Å². The SMILES string of the molecule is CNC(=O)c1cccc([C@H]2CN(CC(=O)Nc3ccc(Oc4cccnc4)cc3)CCN2C)c1. The molecule has 34 heavy (non-hydrogen) atoms. The molecule has 4 rings (SSSR count). The van der Waals surface area contributed by atoms with Gasteiger partial charge in [0.2, 0.25) is 5.91 Å². The van der Waals surface area contributed by atoms with Gasteiger partial charge in [0.05, 0.1) is 12.7 Å². The van der Waals surface area contributed by atoms with E-state index in [4.69, 9.17) is 4.74 Å². The van der Waals surface area contributed by atoms with Gasteiger partial charge in [-0.05, 0) is 61.1 Å². The van der Waals surface area contributed by atoms with E-state index in [2.05, 4.69) is 32.5 Å². The van der Waals surface area contributed by atoms with Crippen LogP contribution in [0.25, 0.3) is 0 Å². The number of carbonyl (C=O) groups is 2. The van der Waals surface area contributed by atoms with Gasteiger partial charge in [-0.15, -0.1) is 0 Å². The number of ether oxygens (including phenoxy) is 1. The number of hydrogen-bond acceptors (Lipinski definition) is 6. The van der Waals surface area contributed by atoms with Crippen molar-refractivity contribution in [3.05, 3.63) is 84.2 Å². The molecule has 1 aliphatic rings. The zero-order valence-corrected chi connectivity index (χ0v) is 19.4. The second-order valence-electron chi connectivity index (χ2n) is 8.30. The third-order valence-electron chi connectivity index (χ3n) is 5.87. The smallest absolute Gasteiger partial charge is 0.251 e. The molecule has 8 heteroatoms. The van der Waals surface area contributed by atoms with Crippen LogP contribution in [0.4, 0.5) is 5.69 Å². The predicted octanol–water partition coefficient (Wildman–Crippen LogP) is 3.16. The molecule has 8 nitrogen and oxygen atoms in total. The summed E-state index contributed by atoms with van der Waals surface area (Å²) in [6, 6.07) is 18.7. The maximum absolute atomic E-state index is 12.7. The van der Waals surface area contributed by atoms with E-state index >= 15 is 0 Å². The van der Waals surface area contributed by atoms with Crippen LogP contribution in [0, 0.1) is 0 Å². The molecule has 0 aliphatic carbocycles. The van der Waals surface area contributed by atoms with E-state index < -0.39 is 0 Å². The van der Waals surface area contributed by atoms with Crippen molar-refractivity contribution in [3.8, 4) is 11.5 Å². The Balaban J connectivity index is 1.33. The van der Waals surface area contributed by atoms with Crippen molar-refractivity contribution in [1.29, 1.82) is 0 Å². The van der Waals surface area contributed by atoms with E-state index in [1.165, 1.54) is 0 Å². The largest absolute Gasteiger partial charge is 0.456 e. The van der Waals surface area contributed by atoms with Crippen LogP contribution in [0.15, 0.2) is 73.1 Å². The summed E-state index contributed by atoms with van der Waals surface area (Å²) in [5.41, 5.74) is 2.42. The molecule has 2 heterocycles. The summed E-state index contributed by atoms with van der Waals surface area (Å²) < 4.78 is 5.74. The second kappa shape index (κ2) is 10.9. The Kier molecular flexibility index (Phi) is 7.51. The van der Waals surface area contributed by atoms with E-state index in [-0.39, 0.29) is 17.9 Å². The standard InChI is InChI=1S/C26H29N5O3/c1-27-26(33)20-6-3-5-19(15-20)24-17-31(14-13-30(24)2)18-25(32)29-21-8-10-22(11-9-21)34-23-7-4-12-28-16-23/h3-12,15-16,24H,13-14,17-18H2,1-2H3,(H,27,33)(H,29,32)/t24-/m1/s1. The van der Waals surface area contributed by atoms with Crippen LogP contribution in [0.1, 0.15) is 22.0 Å². The number of benzene rings is 2. The third kappa shape index (κ3) is 5.98. The average molecular weight is 460 g/mol. The Morgan fingerprint density at radius 3 is 2.62 bits per heavy atom. The van der Waals surface area contributed by atoms with E-state index in [1.54, 1.807) is 19.4 Å². The number of rotatable bonds is 7. The zero-order valence-electron chi connectivity index (χ0n) is 19.4. The molecule has 1 aromatic heterocycles. The molecule has 1 saturated heterocycles. The van der Waals surface area contributed by atoms with Gasteiger partial charge < -0.3 is 15.4 Å². The number of nitrogens with zero attached hydrogens (tertiary/aromatic N) is 3. The number of amides is 2.